The lowest BCUT2D eigenvalue weighted by molar-refractivity contribution is -0.136. The molecule has 5 aliphatic heterocycles. The molecule has 0 bridgehead atoms. The fourth-order valence-electron chi connectivity index (χ4n) is 9.74. The molecule has 15 nitrogen and oxygen atoms in total. The Morgan fingerprint density at radius 1 is 0.966 bits per heavy atom. The number of hydrogen-bond acceptors (Lipinski definition) is 12. The number of fused-ring (bicyclic) bond motifs is 3. The zero-order chi connectivity index (χ0) is 40.6. The summed E-state index contributed by atoms with van der Waals surface area (Å²) in [5.41, 5.74) is 5.27. The quantitative estimate of drug-likeness (QED) is 0.203. The summed E-state index contributed by atoms with van der Waals surface area (Å²) in [7, 11) is 0. The highest BCUT2D eigenvalue weighted by Gasteiger charge is 2.48. The molecular weight excluding hydrogens is 776 g/mol. The highest BCUT2D eigenvalue weighted by atomic mass is 35.5. The molecule has 2 aromatic heterocycles. The summed E-state index contributed by atoms with van der Waals surface area (Å²) in [6.45, 7) is 7.99. The molecule has 1 spiro atoms. The maximum Gasteiger partial charge on any atom is 0.413 e. The molecule has 4 fully saturated rings. The first-order chi connectivity index (χ1) is 28.5. The average Bonchev–Trinajstić information content (AvgIpc) is 3.44. The van der Waals surface area contributed by atoms with E-state index in [0.29, 0.717) is 46.9 Å². The van der Waals surface area contributed by atoms with Crippen LogP contribution in [0.2, 0.25) is 5.02 Å². The zero-order valence-corrected chi connectivity index (χ0v) is 33.3. The van der Waals surface area contributed by atoms with Crippen molar-refractivity contribution in [3.63, 3.8) is 0 Å². The second-order valence-electron chi connectivity index (χ2n) is 16.8. The first kappa shape index (κ1) is 37.5. The van der Waals surface area contributed by atoms with Gasteiger partial charge in [0.15, 0.2) is 0 Å². The normalized spacial score (nSPS) is 21.6. The lowest BCUT2D eigenvalue weighted by Gasteiger charge is -2.52. The summed E-state index contributed by atoms with van der Waals surface area (Å²) in [5, 5.41) is 10.7. The average molecular weight is 819 g/mol. The molecule has 1 saturated carbocycles. The topological polar surface area (TPSA) is 175 Å². The van der Waals surface area contributed by atoms with Crippen LogP contribution in [0.4, 0.5) is 22.0 Å². The molecule has 1 atom stereocenters. The molecular formula is C43H43ClN8O7. The number of carbonyl (C=O) groups is 5. The summed E-state index contributed by atoms with van der Waals surface area (Å²) in [6, 6.07) is 10.0. The molecule has 3 N–H and O–H groups in total. The van der Waals surface area contributed by atoms with Crippen molar-refractivity contribution in [3.8, 4) is 17.0 Å². The van der Waals surface area contributed by atoms with E-state index in [1.54, 1.807) is 24.5 Å². The van der Waals surface area contributed by atoms with Gasteiger partial charge in [-0.15, -0.1) is 0 Å². The number of piperidine rings is 2. The third-order valence-electron chi connectivity index (χ3n) is 13.0. The van der Waals surface area contributed by atoms with Gasteiger partial charge in [0, 0.05) is 78.1 Å². The number of hydrogen-bond donors (Lipinski definition) is 3. The Hall–Kier alpha value is -5.80. The van der Waals surface area contributed by atoms with Gasteiger partial charge in [-0.2, -0.15) is 0 Å². The number of halogens is 1. The maximum atomic E-state index is 13.3. The van der Waals surface area contributed by atoms with Gasteiger partial charge in [0.1, 0.15) is 30.3 Å². The van der Waals surface area contributed by atoms with Crippen LogP contribution < -0.4 is 25.6 Å². The van der Waals surface area contributed by atoms with Crippen molar-refractivity contribution in [1.29, 1.82) is 0 Å². The Balaban J connectivity index is 0.684. The van der Waals surface area contributed by atoms with Crippen LogP contribution in [-0.2, 0) is 14.3 Å². The van der Waals surface area contributed by atoms with Crippen LogP contribution in [0, 0.1) is 18.3 Å². The summed E-state index contributed by atoms with van der Waals surface area (Å²) in [5.74, 6) is -0.513. The first-order valence-electron chi connectivity index (χ1n) is 20.3. The summed E-state index contributed by atoms with van der Waals surface area (Å²) in [4.78, 5) is 78.1. The SMILES string of the molecule is Cc1c(-c2cc3cc(NC(=O)OC4CC5(CCN(CC6CN(c7ccc8c(c7)C(=O)N(C7CCC(=O)NC7=O)C8=O)C6)CC5)C4)ncc3cc2Cl)cnc2c1NCCO2. The van der Waals surface area contributed by atoms with Crippen molar-refractivity contribution in [3.05, 3.63) is 70.5 Å². The number of pyridine rings is 2. The van der Waals surface area contributed by atoms with Gasteiger partial charge < -0.3 is 24.6 Å². The third-order valence-corrected chi connectivity index (χ3v) is 13.4. The van der Waals surface area contributed by atoms with E-state index in [1.165, 1.54) is 0 Å². The van der Waals surface area contributed by atoms with E-state index in [-0.39, 0.29) is 24.4 Å². The largest absolute Gasteiger partial charge is 0.474 e. The summed E-state index contributed by atoms with van der Waals surface area (Å²) in [6.07, 6.45) is 6.89. The molecule has 4 aromatic rings. The van der Waals surface area contributed by atoms with E-state index < -0.39 is 35.8 Å². The highest BCUT2D eigenvalue weighted by Crippen LogP contribution is 2.50. The number of benzene rings is 2. The molecule has 0 radical (unpaired) electrons. The number of nitrogens with one attached hydrogen (secondary N) is 3. The predicted molar refractivity (Wildman–Crippen MR) is 219 cm³/mol. The predicted octanol–water partition coefficient (Wildman–Crippen LogP) is 5.39. The number of anilines is 3. The van der Waals surface area contributed by atoms with Gasteiger partial charge in [-0.1, -0.05) is 11.6 Å². The maximum absolute atomic E-state index is 13.3. The second-order valence-corrected chi connectivity index (χ2v) is 17.2. The van der Waals surface area contributed by atoms with Crippen LogP contribution in [0.15, 0.2) is 48.8 Å². The van der Waals surface area contributed by atoms with Crippen LogP contribution in [0.25, 0.3) is 21.9 Å². The number of imide groups is 2. The van der Waals surface area contributed by atoms with Crippen LogP contribution in [0.1, 0.15) is 64.8 Å². The van der Waals surface area contributed by atoms with E-state index >= 15 is 0 Å². The summed E-state index contributed by atoms with van der Waals surface area (Å²) < 4.78 is 11.5. The van der Waals surface area contributed by atoms with Crippen LogP contribution in [0.5, 0.6) is 5.88 Å². The molecule has 2 aromatic carbocycles. The van der Waals surface area contributed by atoms with E-state index in [0.717, 1.165) is 102 Å². The van der Waals surface area contributed by atoms with Gasteiger partial charge in [-0.25, -0.2) is 14.8 Å². The van der Waals surface area contributed by atoms with E-state index in [4.69, 9.17) is 21.1 Å². The van der Waals surface area contributed by atoms with Crippen molar-refractivity contribution in [2.24, 2.45) is 11.3 Å². The van der Waals surface area contributed by atoms with Gasteiger partial charge in [0.05, 0.1) is 11.1 Å². The standard InChI is InChI=1S/C43H43ClN8O7/c1-23-32(19-47-39-37(23)45-8-11-58-39)30-12-25-14-35(46-18-26(25)13-33(30)44)48-42(57)59-28-16-43(17-28)6-9-50(10-7-43)20-24-21-51(22-24)27-2-3-29-31(15-27)41(56)52(40(29)55)34-4-5-36(53)49-38(34)54/h2-3,12-15,18-19,24,28,34,45H,4-11,16-17,20-22H2,1H3,(H,46,48,57)(H,49,53,54). The number of ether oxygens (including phenoxy) is 2. The third kappa shape index (κ3) is 6.79. The number of carbonyl (C=O) groups excluding carboxylic acids is 5. The lowest BCUT2D eigenvalue weighted by atomic mass is 9.61. The zero-order valence-electron chi connectivity index (χ0n) is 32.5. The van der Waals surface area contributed by atoms with Crippen molar-refractivity contribution >= 4 is 69.3 Å². The smallest absolute Gasteiger partial charge is 0.413 e. The van der Waals surface area contributed by atoms with Crippen molar-refractivity contribution in [2.45, 2.75) is 57.6 Å². The number of aromatic nitrogens is 2. The molecule has 6 aliphatic rings. The molecule has 16 heteroatoms. The fourth-order valence-corrected chi connectivity index (χ4v) is 10.0. The van der Waals surface area contributed by atoms with Crippen LogP contribution in [0.3, 0.4) is 0 Å². The van der Waals surface area contributed by atoms with Crippen molar-refractivity contribution in [1.82, 2.24) is 25.1 Å². The molecule has 5 amide bonds. The summed E-state index contributed by atoms with van der Waals surface area (Å²) >= 11 is 6.74. The van der Waals surface area contributed by atoms with Gasteiger partial charge in [-0.3, -0.25) is 34.7 Å². The van der Waals surface area contributed by atoms with Crippen molar-refractivity contribution < 1.29 is 33.4 Å². The molecule has 10 rings (SSSR count). The lowest BCUT2D eigenvalue weighted by Crippen LogP contribution is -2.55. The fraction of sp³-hybridized carbons (Fsp3) is 0.419. The Morgan fingerprint density at radius 2 is 1.76 bits per heavy atom. The van der Waals surface area contributed by atoms with Crippen LogP contribution in [-0.4, -0.2) is 108 Å². The Kier molecular flexibility index (Phi) is 9.20. The number of amides is 5. The minimum atomic E-state index is -0.975. The molecule has 1 aliphatic carbocycles. The highest BCUT2D eigenvalue weighted by molar-refractivity contribution is 6.34. The van der Waals surface area contributed by atoms with Crippen molar-refractivity contribution in [2.75, 3.05) is 61.4 Å². The second kappa shape index (κ2) is 14.5. The molecule has 7 heterocycles. The molecule has 1 unspecified atom stereocenters. The monoisotopic (exact) mass is 818 g/mol. The van der Waals surface area contributed by atoms with Crippen LogP contribution >= 0.6 is 11.6 Å². The van der Waals surface area contributed by atoms with Gasteiger partial charge in [-0.05, 0) is 105 Å². The van der Waals surface area contributed by atoms with Gasteiger partial charge in [0.2, 0.25) is 17.7 Å². The van der Waals surface area contributed by atoms with E-state index in [1.807, 2.05) is 31.2 Å². The minimum absolute atomic E-state index is 0.0891. The number of rotatable bonds is 7. The minimum Gasteiger partial charge on any atom is -0.474 e. The molecule has 3 saturated heterocycles. The van der Waals surface area contributed by atoms with E-state index in [9.17, 15) is 24.0 Å². The number of likely N-dealkylation sites (tertiary alicyclic amines) is 1. The van der Waals surface area contributed by atoms with Gasteiger partial charge >= 0.3 is 6.09 Å². The van der Waals surface area contributed by atoms with E-state index in [2.05, 4.69) is 35.7 Å². The first-order valence-corrected chi connectivity index (χ1v) is 20.7. The Morgan fingerprint density at radius 3 is 2.56 bits per heavy atom. The Bertz CT molecular complexity index is 2460. The number of nitrogens with zero attached hydrogens (tertiary/aromatic N) is 5. The molecule has 59 heavy (non-hydrogen) atoms. The molecule has 304 valence electrons. The van der Waals surface area contributed by atoms with Gasteiger partial charge in [0.25, 0.3) is 11.8 Å². The Labute approximate surface area is 344 Å².